The molecule has 0 bridgehead atoms. The van der Waals surface area contributed by atoms with Crippen molar-refractivity contribution >= 4 is 22.8 Å². The molecule has 2 aromatic heterocycles. The van der Waals surface area contributed by atoms with E-state index in [0.29, 0.717) is 29.1 Å². The van der Waals surface area contributed by atoms with Gasteiger partial charge in [0.05, 0.1) is 28.2 Å². The summed E-state index contributed by atoms with van der Waals surface area (Å²) in [6.45, 7) is 2.13. The number of aromatic carboxylic acids is 1. The minimum atomic E-state index is -4.76. The summed E-state index contributed by atoms with van der Waals surface area (Å²) in [6, 6.07) is 24.4. The zero-order valence-corrected chi connectivity index (χ0v) is 24.9. The molecule has 2 N–H and O–H groups in total. The van der Waals surface area contributed by atoms with Gasteiger partial charge in [-0.1, -0.05) is 42.5 Å². The number of hydrogen-bond donors (Lipinski definition) is 2. The molecule has 0 radical (unpaired) electrons. The summed E-state index contributed by atoms with van der Waals surface area (Å²) in [4.78, 5) is 29.4. The van der Waals surface area contributed by atoms with Crippen molar-refractivity contribution in [2.45, 2.75) is 25.7 Å². The third-order valence-electron chi connectivity index (χ3n) is 7.97. The fraction of sp³-hybridized carbons (Fsp3) is 0.108. The highest BCUT2D eigenvalue weighted by atomic mass is 19.4. The summed E-state index contributed by atoms with van der Waals surface area (Å²) < 4.78 is 57.0. The van der Waals surface area contributed by atoms with Crippen molar-refractivity contribution < 1.29 is 32.3 Å². The molecule has 0 unspecified atom stereocenters. The number of nitrogens with one attached hydrogen (secondary N) is 1. The van der Waals surface area contributed by atoms with Gasteiger partial charge in [-0.25, -0.2) is 9.18 Å². The van der Waals surface area contributed by atoms with Gasteiger partial charge in [0.2, 0.25) is 0 Å². The van der Waals surface area contributed by atoms with Gasteiger partial charge in [0.15, 0.2) is 0 Å². The van der Waals surface area contributed by atoms with Gasteiger partial charge in [-0.2, -0.15) is 13.2 Å². The first-order valence-electron chi connectivity index (χ1n) is 14.6. The van der Waals surface area contributed by atoms with Crippen LogP contribution in [0.4, 0.5) is 17.6 Å². The number of nitrogens with zero attached hydrogens (tertiary/aromatic N) is 2. The smallest absolute Gasteiger partial charge is 0.416 e. The molecule has 2 heterocycles. The van der Waals surface area contributed by atoms with Crippen LogP contribution in [-0.2, 0) is 12.7 Å². The summed E-state index contributed by atoms with van der Waals surface area (Å²) in [6.07, 6.45) is 0.506. The van der Waals surface area contributed by atoms with E-state index in [-0.39, 0.29) is 22.3 Å². The topological polar surface area (TPSA) is 84.2 Å². The molecular formula is C37H27F4N3O3. The van der Waals surface area contributed by atoms with E-state index < -0.39 is 35.5 Å². The highest BCUT2D eigenvalue weighted by Gasteiger charge is 2.31. The third kappa shape index (κ3) is 6.76. The van der Waals surface area contributed by atoms with Gasteiger partial charge in [0.1, 0.15) is 5.82 Å². The Balaban J connectivity index is 1.40. The van der Waals surface area contributed by atoms with Crippen LogP contribution in [0.25, 0.3) is 33.2 Å². The molecule has 0 saturated heterocycles. The number of carbonyl (C=O) groups excluding carboxylic acids is 1. The number of halogens is 4. The number of fused-ring (bicyclic) bond motifs is 1. The number of aromatic nitrogens is 2. The van der Waals surface area contributed by atoms with Crippen LogP contribution in [0, 0.1) is 5.82 Å². The van der Waals surface area contributed by atoms with Gasteiger partial charge in [-0.3, -0.25) is 9.78 Å². The number of alkyl halides is 3. The van der Waals surface area contributed by atoms with Crippen molar-refractivity contribution in [2.75, 3.05) is 0 Å². The number of carbonyl (C=O) groups is 2. The van der Waals surface area contributed by atoms with Crippen molar-refractivity contribution in [3.8, 4) is 22.3 Å². The summed E-state index contributed by atoms with van der Waals surface area (Å²) in [5.74, 6) is -2.64. The Morgan fingerprint density at radius 2 is 1.60 bits per heavy atom. The van der Waals surface area contributed by atoms with Gasteiger partial charge in [-0.05, 0) is 94.9 Å². The number of hydrogen-bond acceptors (Lipinski definition) is 3. The second-order valence-electron chi connectivity index (χ2n) is 11.2. The van der Waals surface area contributed by atoms with Crippen LogP contribution in [-0.4, -0.2) is 26.5 Å². The lowest BCUT2D eigenvalue weighted by atomic mass is 9.97. The van der Waals surface area contributed by atoms with Gasteiger partial charge >= 0.3 is 12.1 Å². The van der Waals surface area contributed by atoms with Crippen LogP contribution >= 0.6 is 0 Å². The maximum absolute atomic E-state index is 14.4. The van der Waals surface area contributed by atoms with Crippen LogP contribution in [0.15, 0.2) is 116 Å². The van der Waals surface area contributed by atoms with Crippen LogP contribution in [0.3, 0.4) is 0 Å². The molecule has 0 spiro atoms. The molecule has 0 aliphatic rings. The summed E-state index contributed by atoms with van der Waals surface area (Å²) in [5.41, 5.74) is 3.46. The quantitative estimate of drug-likeness (QED) is 0.164. The Labute approximate surface area is 266 Å². The Morgan fingerprint density at radius 1 is 0.872 bits per heavy atom. The van der Waals surface area contributed by atoms with E-state index in [1.807, 2.05) is 41.0 Å². The molecular weight excluding hydrogens is 610 g/mol. The third-order valence-corrected chi connectivity index (χ3v) is 7.97. The van der Waals surface area contributed by atoms with Crippen molar-refractivity contribution in [3.05, 3.63) is 149 Å². The standard InChI is InChI=1S/C37H27F4N3O3/c1-22(24-8-10-26(11-9-24)36(46)47)43-35(45)33-18-29(30-16-31(37(39,40)41)19-32(38)17-30)15-27-12-14-44(34(27)33)21-23-4-6-25(7-5-23)28-3-2-13-42-20-28/h2-20,22H,21H2,1H3,(H,43,45)(H,46,47)/t22-/m0/s1. The van der Waals surface area contributed by atoms with E-state index in [0.717, 1.165) is 28.8 Å². The molecule has 4 aromatic carbocycles. The van der Waals surface area contributed by atoms with Gasteiger partial charge in [0, 0.05) is 30.5 Å². The van der Waals surface area contributed by atoms with E-state index in [1.54, 1.807) is 49.8 Å². The maximum Gasteiger partial charge on any atom is 0.416 e. The van der Waals surface area contributed by atoms with Gasteiger partial charge in [0.25, 0.3) is 5.91 Å². The minimum absolute atomic E-state index is 0.0238. The van der Waals surface area contributed by atoms with Crippen LogP contribution in [0.1, 0.15) is 50.4 Å². The lowest BCUT2D eigenvalue weighted by molar-refractivity contribution is -0.137. The fourth-order valence-electron chi connectivity index (χ4n) is 5.55. The highest BCUT2D eigenvalue weighted by molar-refractivity contribution is 6.08. The first kappa shape index (κ1) is 31.2. The van der Waals surface area contributed by atoms with Crippen LogP contribution in [0.2, 0.25) is 0 Å². The van der Waals surface area contributed by atoms with Crippen molar-refractivity contribution in [1.29, 1.82) is 0 Å². The largest absolute Gasteiger partial charge is 0.478 e. The Bertz CT molecular complexity index is 2090. The predicted molar refractivity (Wildman–Crippen MR) is 170 cm³/mol. The number of carboxylic acid groups (broad SMARTS) is 1. The molecule has 6 nitrogen and oxygen atoms in total. The van der Waals surface area contributed by atoms with E-state index >= 15 is 0 Å². The Hall–Kier alpha value is -5.77. The zero-order chi connectivity index (χ0) is 33.3. The van der Waals surface area contributed by atoms with Gasteiger partial charge < -0.3 is 15.0 Å². The first-order chi connectivity index (χ1) is 22.5. The van der Waals surface area contributed by atoms with E-state index in [9.17, 15) is 32.3 Å². The van der Waals surface area contributed by atoms with Crippen LogP contribution < -0.4 is 5.32 Å². The molecule has 47 heavy (non-hydrogen) atoms. The first-order valence-corrected chi connectivity index (χ1v) is 14.6. The zero-order valence-electron chi connectivity index (χ0n) is 24.9. The molecule has 10 heteroatoms. The van der Waals surface area contributed by atoms with Crippen LogP contribution in [0.5, 0.6) is 0 Å². The van der Waals surface area contributed by atoms with Gasteiger partial charge in [-0.15, -0.1) is 0 Å². The molecule has 6 aromatic rings. The maximum atomic E-state index is 14.4. The number of carboxylic acids is 1. The Morgan fingerprint density at radius 3 is 2.26 bits per heavy atom. The minimum Gasteiger partial charge on any atom is -0.478 e. The lowest BCUT2D eigenvalue weighted by Gasteiger charge is -2.17. The Kier molecular flexibility index (Phi) is 8.34. The fourth-order valence-corrected chi connectivity index (χ4v) is 5.55. The monoisotopic (exact) mass is 637 g/mol. The van der Waals surface area contributed by atoms with Crippen molar-refractivity contribution in [1.82, 2.24) is 14.9 Å². The molecule has 1 amide bonds. The average Bonchev–Trinajstić information content (AvgIpc) is 3.46. The van der Waals surface area contributed by atoms with E-state index in [1.165, 1.54) is 18.2 Å². The molecule has 0 saturated carbocycles. The lowest BCUT2D eigenvalue weighted by Crippen LogP contribution is -2.27. The number of rotatable bonds is 8. The van der Waals surface area contributed by atoms with E-state index in [2.05, 4.69) is 10.3 Å². The molecule has 1 atom stereocenters. The second kappa shape index (κ2) is 12.6. The van der Waals surface area contributed by atoms with E-state index in [4.69, 9.17) is 0 Å². The molecule has 236 valence electrons. The van der Waals surface area contributed by atoms with Crippen molar-refractivity contribution in [2.24, 2.45) is 0 Å². The highest BCUT2D eigenvalue weighted by Crippen LogP contribution is 2.35. The second-order valence-corrected chi connectivity index (χ2v) is 11.2. The SMILES string of the molecule is C[C@H](NC(=O)c1cc(-c2cc(F)cc(C(F)(F)F)c2)cc2ccn(Cc3ccc(-c4cccnc4)cc3)c12)c1ccc(C(=O)O)cc1. The normalized spacial score (nSPS) is 12.2. The molecule has 6 rings (SSSR count). The molecule has 0 aliphatic carbocycles. The number of amides is 1. The molecule has 0 fully saturated rings. The predicted octanol–water partition coefficient (Wildman–Crippen LogP) is 8.77. The summed E-state index contributed by atoms with van der Waals surface area (Å²) >= 11 is 0. The summed E-state index contributed by atoms with van der Waals surface area (Å²) in [7, 11) is 0. The average molecular weight is 638 g/mol. The molecule has 0 aliphatic heterocycles. The number of benzene rings is 4. The summed E-state index contributed by atoms with van der Waals surface area (Å²) in [5, 5.41) is 12.7. The van der Waals surface area contributed by atoms with Crippen molar-refractivity contribution in [3.63, 3.8) is 0 Å². The number of pyridine rings is 1.